The number of nitrogens with one attached hydrogen (secondary N) is 1. The van der Waals surface area contributed by atoms with Gasteiger partial charge in [0, 0.05) is 31.7 Å². The van der Waals surface area contributed by atoms with E-state index in [-0.39, 0.29) is 0 Å². The average Bonchev–Trinajstić information content (AvgIpc) is 2.46. The summed E-state index contributed by atoms with van der Waals surface area (Å²) in [6.45, 7) is 9.64. The molecule has 0 saturated carbocycles. The molecule has 0 unspecified atom stereocenters. The topological polar surface area (TPSA) is 70.3 Å². The molecule has 1 aliphatic rings. The molecule has 1 aromatic heterocycles. The van der Waals surface area contributed by atoms with Crippen LogP contribution < -0.4 is 16.2 Å². The summed E-state index contributed by atoms with van der Waals surface area (Å²) in [4.78, 5) is 13.4. The van der Waals surface area contributed by atoms with Crippen molar-refractivity contribution in [2.45, 2.75) is 20.3 Å². The molecule has 0 radical (unpaired) electrons. The molecule has 18 heavy (non-hydrogen) atoms. The normalized spacial score (nSPS) is 16.9. The van der Waals surface area contributed by atoms with Crippen LogP contribution in [0.4, 0.5) is 11.6 Å². The van der Waals surface area contributed by atoms with E-state index in [1.807, 2.05) is 0 Å². The lowest BCUT2D eigenvalue weighted by Crippen LogP contribution is -2.46. The van der Waals surface area contributed by atoms with E-state index in [9.17, 15) is 0 Å². The van der Waals surface area contributed by atoms with Gasteiger partial charge in [-0.2, -0.15) is 0 Å². The second-order valence-electron chi connectivity index (χ2n) is 4.44. The van der Waals surface area contributed by atoms with Crippen molar-refractivity contribution < 1.29 is 0 Å². The smallest absolute Gasteiger partial charge is 0.148 e. The number of nitrogens with zero attached hydrogens (tertiary/aromatic N) is 4. The number of nitrogen functional groups attached to an aromatic ring is 1. The van der Waals surface area contributed by atoms with Gasteiger partial charge >= 0.3 is 0 Å². The van der Waals surface area contributed by atoms with Gasteiger partial charge in [0.05, 0.1) is 0 Å². The first kappa shape index (κ1) is 13.0. The molecule has 6 heteroatoms. The van der Waals surface area contributed by atoms with Crippen molar-refractivity contribution in [3.8, 4) is 0 Å². The zero-order valence-electron chi connectivity index (χ0n) is 11.2. The first-order valence-electron chi connectivity index (χ1n) is 6.57. The van der Waals surface area contributed by atoms with Crippen LogP contribution in [0.5, 0.6) is 0 Å². The number of likely N-dealkylation sites (N-methyl/N-ethyl adjacent to an activating group) is 1. The zero-order valence-corrected chi connectivity index (χ0v) is 11.2. The second-order valence-corrected chi connectivity index (χ2v) is 4.44. The van der Waals surface area contributed by atoms with Gasteiger partial charge in [0.1, 0.15) is 18.0 Å². The highest BCUT2D eigenvalue weighted by Crippen LogP contribution is 2.24. The second kappa shape index (κ2) is 5.97. The summed E-state index contributed by atoms with van der Waals surface area (Å²) in [5.41, 5.74) is 3.76. The van der Waals surface area contributed by atoms with Crippen LogP contribution >= 0.6 is 0 Å². The van der Waals surface area contributed by atoms with E-state index in [0.717, 1.165) is 56.3 Å². The predicted molar refractivity (Wildman–Crippen MR) is 73.5 cm³/mol. The molecule has 0 spiro atoms. The van der Waals surface area contributed by atoms with Gasteiger partial charge in [-0.1, -0.05) is 13.8 Å². The third-order valence-corrected chi connectivity index (χ3v) is 3.53. The SMILES string of the molecule is CCc1c(NN)ncnc1N1CCN(CC)CC1. The Morgan fingerprint density at radius 2 is 1.94 bits per heavy atom. The number of anilines is 2. The van der Waals surface area contributed by atoms with E-state index in [4.69, 9.17) is 5.84 Å². The highest BCUT2D eigenvalue weighted by Gasteiger charge is 2.20. The van der Waals surface area contributed by atoms with Gasteiger partial charge in [-0.25, -0.2) is 15.8 Å². The first-order chi connectivity index (χ1) is 8.80. The molecular weight excluding hydrogens is 228 g/mol. The highest BCUT2D eigenvalue weighted by atomic mass is 15.3. The van der Waals surface area contributed by atoms with Gasteiger partial charge in [-0.15, -0.1) is 0 Å². The number of hydrogen-bond acceptors (Lipinski definition) is 6. The van der Waals surface area contributed by atoms with Crippen LogP contribution in [0.3, 0.4) is 0 Å². The lowest BCUT2D eigenvalue weighted by molar-refractivity contribution is 0.270. The summed E-state index contributed by atoms with van der Waals surface area (Å²) >= 11 is 0. The van der Waals surface area contributed by atoms with Crippen molar-refractivity contribution in [2.75, 3.05) is 43.0 Å². The maximum absolute atomic E-state index is 5.50. The molecule has 0 amide bonds. The molecule has 100 valence electrons. The summed E-state index contributed by atoms with van der Waals surface area (Å²) in [6.07, 6.45) is 2.46. The fourth-order valence-electron chi connectivity index (χ4n) is 2.40. The Hall–Kier alpha value is -1.40. The monoisotopic (exact) mass is 250 g/mol. The van der Waals surface area contributed by atoms with Gasteiger partial charge in [-0.05, 0) is 13.0 Å². The van der Waals surface area contributed by atoms with Gasteiger partial charge in [-0.3, -0.25) is 0 Å². The molecule has 0 atom stereocenters. The van der Waals surface area contributed by atoms with Crippen LogP contribution in [0.2, 0.25) is 0 Å². The summed E-state index contributed by atoms with van der Waals surface area (Å²) in [5.74, 6) is 7.26. The van der Waals surface area contributed by atoms with Crippen molar-refractivity contribution in [1.82, 2.24) is 14.9 Å². The molecule has 2 heterocycles. The molecule has 0 aromatic carbocycles. The fourth-order valence-corrected chi connectivity index (χ4v) is 2.40. The van der Waals surface area contributed by atoms with Crippen LogP contribution in [0.25, 0.3) is 0 Å². The van der Waals surface area contributed by atoms with E-state index >= 15 is 0 Å². The first-order valence-corrected chi connectivity index (χ1v) is 6.57. The van der Waals surface area contributed by atoms with Gasteiger partial charge in [0.2, 0.25) is 0 Å². The molecule has 6 nitrogen and oxygen atoms in total. The minimum atomic E-state index is 0.737. The predicted octanol–water partition coefficient (Wildman–Crippen LogP) is 0.467. The Morgan fingerprint density at radius 3 is 2.50 bits per heavy atom. The van der Waals surface area contributed by atoms with E-state index in [1.54, 1.807) is 6.33 Å². The summed E-state index contributed by atoms with van der Waals surface area (Å²) < 4.78 is 0. The largest absolute Gasteiger partial charge is 0.354 e. The Labute approximate surface area is 108 Å². The van der Waals surface area contributed by atoms with Crippen LogP contribution in [0, 0.1) is 0 Å². The van der Waals surface area contributed by atoms with Gasteiger partial charge in [0.15, 0.2) is 0 Å². The maximum atomic E-state index is 5.50. The Kier molecular flexibility index (Phi) is 4.33. The third kappa shape index (κ3) is 2.54. The molecule has 0 aliphatic carbocycles. The maximum Gasteiger partial charge on any atom is 0.148 e. The molecular formula is C12H22N6. The minimum absolute atomic E-state index is 0.737. The van der Waals surface area contributed by atoms with Crippen LogP contribution in [-0.4, -0.2) is 47.6 Å². The Bertz CT molecular complexity index is 386. The molecule has 1 saturated heterocycles. The summed E-state index contributed by atoms with van der Waals surface area (Å²) in [6, 6.07) is 0. The number of hydrogen-bond donors (Lipinski definition) is 2. The molecule has 1 fully saturated rings. The van der Waals surface area contributed by atoms with Crippen molar-refractivity contribution in [3.05, 3.63) is 11.9 Å². The minimum Gasteiger partial charge on any atom is -0.354 e. The van der Waals surface area contributed by atoms with Crippen LogP contribution in [0.15, 0.2) is 6.33 Å². The molecule has 1 aliphatic heterocycles. The Morgan fingerprint density at radius 1 is 1.22 bits per heavy atom. The zero-order chi connectivity index (χ0) is 13.0. The fraction of sp³-hybridized carbons (Fsp3) is 0.667. The quantitative estimate of drug-likeness (QED) is 0.598. The lowest BCUT2D eigenvalue weighted by atomic mass is 10.2. The van der Waals surface area contributed by atoms with Crippen LogP contribution in [-0.2, 0) is 6.42 Å². The number of piperazine rings is 1. The molecule has 3 N–H and O–H groups in total. The lowest BCUT2D eigenvalue weighted by Gasteiger charge is -2.35. The van der Waals surface area contributed by atoms with E-state index < -0.39 is 0 Å². The Balaban J connectivity index is 2.18. The average molecular weight is 250 g/mol. The standard InChI is InChI=1S/C12H22N6/c1-3-10-11(16-13)14-9-15-12(10)18-7-5-17(4-2)6-8-18/h9H,3-8,13H2,1-2H3,(H,14,15,16). The number of nitrogens with two attached hydrogens (primary N) is 1. The molecule has 0 bridgehead atoms. The number of rotatable bonds is 4. The highest BCUT2D eigenvalue weighted by molar-refractivity contribution is 5.58. The van der Waals surface area contributed by atoms with E-state index in [0.29, 0.717) is 0 Å². The van der Waals surface area contributed by atoms with E-state index in [2.05, 4.69) is 39.0 Å². The van der Waals surface area contributed by atoms with Crippen molar-refractivity contribution >= 4 is 11.6 Å². The molecule has 1 aromatic rings. The van der Waals surface area contributed by atoms with E-state index in [1.165, 1.54) is 0 Å². The van der Waals surface area contributed by atoms with Crippen molar-refractivity contribution in [1.29, 1.82) is 0 Å². The summed E-state index contributed by atoms with van der Waals surface area (Å²) in [5, 5.41) is 0. The number of hydrazine groups is 1. The van der Waals surface area contributed by atoms with Crippen molar-refractivity contribution in [3.63, 3.8) is 0 Å². The van der Waals surface area contributed by atoms with Gasteiger partial charge < -0.3 is 15.2 Å². The number of aromatic nitrogens is 2. The van der Waals surface area contributed by atoms with Gasteiger partial charge in [0.25, 0.3) is 0 Å². The molecule has 2 rings (SSSR count). The van der Waals surface area contributed by atoms with Crippen molar-refractivity contribution in [2.24, 2.45) is 5.84 Å². The van der Waals surface area contributed by atoms with Crippen LogP contribution in [0.1, 0.15) is 19.4 Å². The summed E-state index contributed by atoms with van der Waals surface area (Å²) in [7, 11) is 0. The third-order valence-electron chi connectivity index (χ3n) is 3.53.